The molecule has 0 aromatic rings. The fraction of sp³-hybridized carbons (Fsp3) is 0.667. The molecule has 0 aromatic carbocycles. The molecular weight excluding hydrogens is 121 g/mol. The molecule has 0 saturated heterocycles. The van der Waals surface area contributed by atoms with Gasteiger partial charge in [-0.05, 0) is 0 Å². The van der Waals surface area contributed by atoms with Crippen LogP contribution in [-0.4, -0.2) is 12.4 Å². The number of alkyl halides is 3. The summed E-state index contributed by atoms with van der Waals surface area (Å²) in [6, 6.07) is 0. The molecule has 0 saturated carbocycles. The van der Waals surface area contributed by atoms with Gasteiger partial charge in [0.25, 0.3) is 0 Å². The lowest BCUT2D eigenvalue weighted by Crippen LogP contribution is -2.07. The van der Waals surface area contributed by atoms with E-state index in [0.29, 0.717) is 6.21 Å². The second kappa shape index (κ2) is 2.54. The molecule has 0 amide bonds. The zero-order valence-electron chi connectivity index (χ0n) is 3.94. The van der Waals surface area contributed by atoms with Crippen molar-refractivity contribution < 1.29 is 13.2 Å². The van der Waals surface area contributed by atoms with Crippen LogP contribution in [0.2, 0.25) is 0 Å². The van der Waals surface area contributed by atoms with Crippen LogP contribution in [0.4, 0.5) is 13.2 Å². The van der Waals surface area contributed by atoms with Crippen LogP contribution in [0.3, 0.4) is 0 Å². The van der Waals surface area contributed by atoms with Gasteiger partial charge >= 0.3 is 6.18 Å². The Morgan fingerprint density at radius 1 is 1.50 bits per heavy atom. The molecule has 48 valence electrons. The maximum Gasteiger partial charge on any atom is 0.394 e. The summed E-state index contributed by atoms with van der Waals surface area (Å²) in [5.74, 6) is 4.41. The van der Waals surface area contributed by atoms with E-state index in [1.165, 1.54) is 0 Å². The molecule has 0 rings (SSSR count). The molecule has 0 unspecified atom stereocenters. The first-order chi connectivity index (χ1) is 3.56. The standard InChI is InChI=1S/C3H5F3N2/c4-3(5,6)1-2-8-7/h2H,1,7H2. The van der Waals surface area contributed by atoms with Crippen LogP contribution in [0.1, 0.15) is 6.42 Å². The highest BCUT2D eigenvalue weighted by atomic mass is 19.4. The third kappa shape index (κ3) is 5.26. The Morgan fingerprint density at radius 3 is 2.12 bits per heavy atom. The van der Waals surface area contributed by atoms with Crippen molar-refractivity contribution in [1.82, 2.24) is 0 Å². The first-order valence-electron chi connectivity index (χ1n) is 1.85. The molecule has 0 aliphatic rings. The number of rotatable bonds is 1. The minimum Gasteiger partial charge on any atom is -0.324 e. The van der Waals surface area contributed by atoms with Crippen LogP contribution in [-0.2, 0) is 0 Å². The van der Waals surface area contributed by atoms with Crippen molar-refractivity contribution in [1.29, 1.82) is 0 Å². The summed E-state index contributed by atoms with van der Waals surface area (Å²) in [6.07, 6.45) is -4.62. The van der Waals surface area contributed by atoms with Crippen molar-refractivity contribution >= 4 is 6.21 Å². The van der Waals surface area contributed by atoms with Gasteiger partial charge in [0.05, 0.1) is 6.42 Å². The Balaban J connectivity index is 3.39. The maximum absolute atomic E-state index is 11.1. The predicted molar refractivity (Wildman–Crippen MR) is 23.4 cm³/mol. The van der Waals surface area contributed by atoms with Gasteiger partial charge in [0, 0.05) is 6.21 Å². The van der Waals surface area contributed by atoms with Crippen molar-refractivity contribution in [3.63, 3.8) is 0 Å². The number of hydrogen-bond donors (Lipinski definition) is 1. The van der Waals surface area contributed by atoms with Crippen LogP contribution >= 0.6 is 0 Å². The normalized spacial score (nSPS) is 12.9. The third-order valence-corrected chi connectivity index (χ3v) is 0.428. The smallest absolute Gasteiger partial charge is 0.324 e. The average Bonchev–Trinajstić information content (AvgIpc) is 1.59. The van der Waals surface area contributed by atoms with Gasteiger partial charge in [0.15, 0.2) is 0 Å². The highest BCUT2D eigenvalue weighted by Gasteiger charge is 2.24. The predicted octanol–water partition coefficient (Wildman–Crippen LogP) is 0.883. The van der Waals surface area contributed by atoms with E-state index >= 15 is 0 Å². The topological polar surface area (TPSA) is 38.4 Å². The van der Waals surface area contributed by atoms with Crippen LogP contribution in [0.25, 0.3) is 0 Å². The van der Waals surface area contributed by atoms with Crippen molar-refractivity contribution in [2.24, 2.45) is 10.9 Å². The lowest BCUT2D eigenvalue weighted by atomic mass is 10.5. The lowest BCUT2D eigenvalue weighted by molar-refractivity contribution is -0.120. The molecule has 0 aromatic heterocycles. The summed E-state index contributed by atoms with van der Waals surface area (Å²) in [6.45, 7) is 0. The Labute approximate surface area is 44.2 Å². The number of nitrogens with two attached hydrogens (primary N) is 1. The second-order valence-electron chi connectivity index (χ2n) is 1.15. The molecule has 5 heteroatoms. The van der Waals surface area contributed by atoms with Gasteiger partial charge in [-0.2, -0.15) is 18.3 Å². The molecule has 8 heavy (non-hydrogen) atoms. The summed E-state index contributed by atoms with van der Waals surface area (Å²) in [7, 11) is 0. The molecular formula is C3H5F3N2. The summed E-state index contributed by atoms with van der Waals surface area (Å²) in [5, 5.41) is 2.68. The zero-order valence-corrected chi connectivity index (χ0v) is 3.94. The van der Waals surface area contributed by atoms with E-state index in [1.54, 1.807) is 0 Å². The molecule has 0 bridgehead atoms. The lowest BCUT2D eigenvalue weighted by Gasteiger charge is -1.97. The van der Waals surface area contributed by atoms with Gasteiger partial charge in [0.1, 0.15) is 0 Å². The van der Waals surface area contributed by atoms with Gasteiger partial charge in [-0.25, -0.2) is 0 Å². The fourth-order valence-corrected chi connectivity index (χ4v) is 0.156. The van der Waals surface area contributed by atoms with Crippen molar-refractivity contribution in [3.8, 4) is 0 Å². The summed E-state index contributed by atoms with van der Waals surface area (Å²) >= 11 is 0. The number of halogens is 3. The Bertz CT molecular complexity index is 85.0. The number of hydrogen-bond acceptors (Lipinski definition) is 2. The van der Waals surface area contributed by atoms with E-state index in [9.17, 15) is 13.2 Å². The number of hydrazone groups is 1. The Hall–Kier alpha value is -0.740. The van der Waals surface area contributed by atoms with E-state index in [-0.39, 0.29) is 0 Å². The highest BCUT2D eigenvalue weighted by Crippen LogP contribution is 2.16. The minimum atomic E-state index is -4.18. The minimum absolute atomic E-state index is 0.611. The average molecular weight is 126 g/mol. The van der Waals surface area contributed by atoms with E-state index in [1.807, 2.05) is 0 Å². The summed E-state index contributed by atoms with van der Waals surface area (Å²) in [4.78, 5) is 0. The van der Waals surface area contributed by atoms with Crippen LogP contribution in [0, 0.1) is 0 Å². The molecule has 0 atom stereocenters. The molecule has 2 N–H and O–H groups in total. The van der Waals surface area contributed by atoms with Gasteiger partial charge in [0.2, 0.25) is 0 Å². The molecule has 0 aliphatic carbocycles. The first-order valence-corrected chi connectivity index (χ1v) is 1.85. The molecule has 0 spiro atoms. The van der Waals surface area contributed by atoms with Crippen molar-refractivity contribution in [2.45, 2.75) is 12.6 Å². The van der Waals surface area contributed by atoms with Crippen LogP contribution in [0.15, 0.2) is 5.10 Å². The van der Waals surface area contributed by atoms with E-state index < -0.39 is 12.6 Å². The zero-order chi connectivity index (χ0) is 6.62. The second-order valence-corrected chi connectivity index (χ2v) is 1.15. The largest absolute Gasteiger partial charge is 0.394 e. The van der Waals surface area contributed by atoms with Gasteiger partial charge in [-0.1, -0.05) is 0 Å². The third-order valence-electron chi connectivity index (χ3n) is 0.428. The molecule has 0 aliphatic heterocycles. The molecule has 0 fully saturated rings. The summed E-state index contributed by atoms with van der Waals surface area (Å²) in [5.41, 5.74) is 0. The highest BCUT2D eigenvalue weighted by molar-refractivity contribution is 5.57. The molecule has 2 nitrogen and oxygen atoms in total. The van der Waals surface area contributed by atoms with Crippen molar-refractivity contribution in [3.05, 3.63) is 0 Å². The van der Waals surface area contributed by atoms with Crippen LogP contribution < -0.4 is 5.84 Å². The van der Waals surface area contributed by atoms with Crippen molar-refractivity contribution in [2.75, 3.05) is 0 Å². The first kappa shape index (κ1) is 7.26. The summed E-state index contributed by atoms with van der Waals surface area (Å²) < 4.78 is 33.3. The SMILES string of the molecule is NN=CCC(F)(F)F. The van der Waals surface area contributed by atoms with Gasteiger partial charge in [-0.15, -0.1) is 0 Å². The van der Waals surface area contributed by atoms with Gasteiger partial charge < -0.3 is 5.84 Å². The quantitative estimate of drug-likeness (QED) is 0.316. The molecule has 0 heterocycles. The maximum atomic E-state index is 11.1. The van der Waals surface area contributed by atoms with Crippen LogP contribution in [0.5, 0.6) is 0 Å². The Kier molecular flexibility index (Phi) is 2.30. The van der Waals surface area contributed by atoms with E-state index in [0.717, 1.165) is 0 Å². The molecule has 0 radical (unpaired) electrons. The Morgan fingerprint density at radius 2 is 2.00 bits per heavy atom. The van der Waals surface area contributed by atoms with E-state index in [4.69, 9.17) is 0 Å². The number of nitrogens with zero attached hydrogens (tertiary/aromatic N) is 1. The van der Waals surface area contributed by atoms with E-state index in [2.05, 4.69) is 10.9 Å². The monoisotopic (exact) mass is 126 g/mol. The van der Waals surface area contributed by atoms with Gasteiger partial charge in [-0.3, -0.25) is 0 Å². The fourth-order valence-electron chi connectivity index (χ4n) is 0.156.